The molecule has 27 heavy (non-hydrogen) atoms. The number of esters is 1. The van der Waals surface area contributed by atoms with Crippen LogP contribution in [0.1, 0.15) is 36.9 Å². The lowest BCUT2D eigenvalue weighted by Gasteiger charge is -2.36. The number of aromatic nitrogens is 1. The van der Waals surface area contributed by atoms with Crippen molar-refractivity contribution in [3.63, 3.8) is 0 Å². The summed E-state index contributed by atoms with van der Waals surface area (Å²) in [5.74, 6) is -0.258. The number of fused-ring (bicyclic) bond motifs is 5. The fraction of sp³-hybridized carbons (Fsp3) is 0.455. The number of ether oxygens (including phenoxy) is 1. The van der Waals surface area contributed by atoms with Crippen molar-refractivity contribution in [2.75, 3.05) is 20.2 Å². The second kappa shape index (κ2) is 7.21. The summed E-state index contributed by atoms with van der Waals surface area (Å²) < 4.78 is 5.17. The highest BCUT2D eigenvalue weighted by atomic mass is 16.5. The Kier molecular flexibility index (Phi) is 4.75. The van der Waals surface area contributed by atoms with Crippen LogP contribution < -0.4 is 0 Å². The number of nitrogens with zero attached hydrogens (tertiary/aromatic N) is 2. The maximum Gasteiger partial charge on any atom is 0.314 e. The lowest BCUT2D eigenvalue weighted by molar-refractivity contribution is -0.143. The first kappa shape index (κ1) is 17.8. The maximum absolute atomic E-state index is 12.7. The van der Waals surface area contributed by atoms with E-state index in [0.717, 1.165) is 42.5 Å². The minimum atomic E-state index is -0.310. The van der Waals surface area contributed by atoms with Crippen LogP contribution in [0.4, 0.5) is 0 Å². The van der Waals surface area contributed by atoms with E-state index in [0.29, 0.717) is 6.42 Å². The Hall–Kier alpha value is -2.58. The minimum Gasteiger partial charge on any atom is -0.469 e. The van der Waals surface area contributed by atoms with Crippen LogP contribution in [0.25, 0.3) is 10.9 Å². The number of carbonyl (C=O) groups is 1. The minimum absolute atomic E-state index is 0.158. The zero-order chi connectivity index (χ0) is 19.0. The molecule has 4 atom stereocenters. The fourth-order valence-electron chi connectivity index (χ4n) is 4.75. The van der Waals surface area contributed by atoms with Crippen molar-refractivity contribution in [1.82, 2.24) is 9.88 Å². The van der Waals surface area contributed by atoms with Gasteiger partial charge < -0.3 is 9.72 Å². The van der Waals surface area contributed by atoms with Gasteiger partial charge in [0.2, 0.25) is 0 Å². The van der Waals surface area contributed by atoms with E-state index < -0.39 is 0 Å². The molecule has 0 saturated carbocycles. The number of aromatic amines is 1. The molecule has 0 saturated heterocycles. The zero-order valence-corrected chi connectivity index (χ0v) is 15.9. The molecule has 0 radical (unpaired) electrons. The van der Waals surface area contributed by atoms with Crippen LogP contribution >= 0.6 is 0 Å². The van der Waals surface area contributed by atoms with Crippen LogP contribution in [0.5, 0.6) is 0 Å². The topological polar surface area (TPSA) is 69.1 Å². The molecule has 5 nitrogen and oxygen atoms in total. The first-order valence-electron chi connectivity index (χ1n) is 9.67. The van der Waals surface area contributed by atoms with Crippen molar-refractivity contribution in [1.29, 1.82) is 5.26 Å². The summed E-state index contributed by atoms with van der Waals surface area (Å²) >= 11 is 0. The SMILES string of the molecule is CCC1=C[C@@H]2C[C@H](C(=O)OC)c3[nH]c4ccccc4c3CCN(C2)[C@@H]1C#N. The molecule has 0 aliphatic carbocycles. The summed E-state index contributed by atoms with van der Waals surface area (Å²) in [5, 5.41) is 10.9. The molecule has 0 amide bonds. The number of nitrogens with one attached hydrogen (secondary N) is 1. The third-order valence-electron chi connectivity index (χ3n) is 6.03. The van der Waals surface area contributed by atoms with Crippen molar-refractivity contribution in [2.24, 2.45) is 5.92 Å². The number of carbonyl (C=O) groups excluding carboxylic acids is 1. The van der Waals surface area contributed by atoms with E-state index in [1.165, 1.54) is 18.2 Å². The average Bonchev–Trinajstić information content (AvgIpc) is 3.08. The summed E-state index contributed by atoms with van der Waals surface area (Å²) in [6, 6.07) is 10.5. The van der Waals surface area contributed by atoms with E-state index in [1.54, 1.807) is 0 Å². The van der Waals surface area contributed by atoms with Crippen LogP contribution in [0.2, 0.25) is 0 Å². The number of rotatable bonds is 2. The second-order valence-electron chi connectivity index (χ2n) is 7.51. The summed E-state index contributed by atoms with van der Waals surface area (Å²) in [5.41, 5.74) is 4.39. The standard InChI is InChI=1S/C22H25N3O2/c1-3-15-10-14-11-18(22(26)27-2)21-17(8-9-25(13-14)20(15)12-23)16-6-4-5-7-19(16)24-21/h4-7,10,14,18,20,24H,3,8-9,11,13H2,1-2H3/t14-,18+,20-/m1/s1. The van der Waals surface area contributed by atoms with Gasteiger partial charge in [-0.25, -0.2) is 0 Å². The predicted molar refractivity (Wildman–Crippen MR) is 104 cm³/mol. The summed E-state index contributed by atoms with van der Waals surface area (Å²) in [6.07, 6.45) is 4.61. The Morgan fingerprint density at radius 2 is 2.22 bits per heavy atom. The number of para-hydroxylation sites is 1. The van der Waals surface area contributed by atoms with Crippen LogP contribution in [-0.4, -0.2) is 42.1 Å². The van der Waals surface area contributed by atoms with E-state index in [9.17, 15) is 10.1 Å². The van der Waals surface area contributed by atoms with Gasteiger partial charge in [-0.2, -0.15) is 5.26 Å². The van der Waals surface area contributed by atoms with Gasteiger partial charge in [0.1, 0.15) is 6.04 Å². The van der Waals surface area contributed by atoms with Gasteiger partial charge in [-0.1, -0.05) is 31.2 Å². The molecule has 0 fully saturated rings. The highest BCUT2D eigenvalue weighted by Gasteiger charge is 2.36. The van der Waals surface area contributed by atoms with Gasteiger partial charge >= 0.3 is 5.97 Å². The molecule has 1 unspecified atom stereocenters. The van der Waals surface area contributed by atoms with Gasteiger partial charge in [0.15, 0.2) is 0 Å². The van der Waals surface area contributed by atoms with E-state index in [1.807, 2.05) is 12.1 Å². The molecule has 1 N–H and O–H groups in total. The second-order valence-corrected chi connectivity index (χ2v) is 7.51. The van der Waals surface area contributed by atoms with Crippen molar-refractivity contribution in [2.45, 2.75) is 38.1 Å². The van der Waals surface area contributed by atoms with Crippen molar-refractivity contribution in [3.8, 4) is 6.07 Å². The molecule has 2 aliphatic rings. The normalized spacial score (nSPS) is 27.5. The van der Waals surface area contributed by atoms with Gasteiger partial charge in [-0.05, 0) is 42.4 Å². The molecule has 2 bridgehead atoms. The van der Waals surface area contributed by atoms with Crippen molar-refractivity contribution < 1.29 is 9.53 Å². The number of hydrogen-bond donors (Lipinski definition) is 1. The molecule has 4 rings (SSSR count). The lowest BCUT2D eigenvalue weighted by Crippen LogP contribution is -2.43. The third kappa shape index (κ3) is 3.04. The smallest absolute Gasteiger partial charge is 0.314 e. The molecule has 140 valence electrons. The molecule has 5 heteroatoms. The Morgan fingerprint density at radius 3 is 2.96 bits per heavy atom. The largest absolute Gasteiger partial charge is 0.469 e. The van der Waals surface area contributed by atoms with Gasteiger partial charge in [-0.15, -0.1) is 0 Å². The first-order chi connectivity index (χ1) is 13.2. The summed E-state index contributed by atoms with van der Waals surface area (Å²) in [6.45, 7) is 3.73. The van der Waals surface area contributed by atoms with Gasteiger partial charge in [-0.3, -0.25) is 9.69 Å². The zero-order valence-electron chi connectivity index (χ0n) is 15.9. The first-order valence-corrected chi connectivity index (χ1v) is 9.67. The number of hydrogen-bond acceptors (Lipinski definition) is 4. The Labute approximate surface area is 159 Å². The van der Waals surface area contributed by atoms with Gasteiger partial charge in [0.25, 0.3) is 0 Å². The molecule has 0 spiro atoms. The van der Waals surface area contributed by atoms with Crippen LogP contribution in [0, 0.1) is 17.2 Å². The molecule has 2 aromatic rings. The van der Waals surface area contributed by atoms with Gasteiger partial charge in [0, 0.05) is 29.7 Å². The van der Waals surface area contributed by atoms with Crippen LogP contribution in [0.3, 0.4) is 0 Å². The molecule has 2 aliphatic heterocycles. The molecule has 3 heterocycles. The highest BCUT2D eigenvalue weighted by molar-refractivity contribution is 5.88. The molecular weight excluding hydrogens is 338 g/mol. The Bertz CT molecular complexity index is 937. The third-order valence-corrected chi connectivity index (χ3v) is 6.03. The van der Waals surface area contributed by atoms with Gasteiger partial charge in [0.05, 0.1) is 19.1 Å². The monoisotopic (exact) mass is 363 g/mol. The summed E-state index contributed by atoms with van der Waals surface area (Å²) in [7, 11) is 1.46. The van der Waals surface area contributed by atoms with Crippen molar-refractivity contribution in [3.05, 3.63) is 47.2 Å². The van der Waals surface area contributed by atoms with E-state index in [2.05, 4.69) is 41.1 Å². The number of nitriles is 1. The maximum atomic E-state index is 12.7. The fourth-order valence-corrected chi connectivity index (χ4v) is 4.75. The molecule has 1 aromatic carbocycles. The van der Waals surface area contributed by atoms with E-state index in [4.69, 9.17) is 4.74 Å². The highest BCUT2D eigenvalue weighted by Crippen LogP contribution is 2.37. The average molecular weight is 363 g/mol. The predicted octanol–water partition coefficient (Wildman–Crippen LogP) is 3.53. The molecular formula is C22H25N3O2. The molecule has 1 aromatic heterocycles. The van der Waals surface area contributed by atoms with E-state index >= 15 is 0 Å². The van der Waals surface area contributed by atoms with Crippen molar-refractivity contribution >= 4 is 16.9 Å². The Balaban J connectivity index is 1.84. The quantitative estimate of drug-likeness (QED) is 0.655. The number of benzene rings is 1. The number of methoxy groups -OCH3 is 1. The number of H-pyrrole nitrogens is 1. The Morgan fingerprint density at radius 1 is 1.41 bits per heavy atom. The van der Waals surface area contributed by atoms with Crippen LogP contribution in [-0.2, 0) is 16.0 Å². The van der Waals surface area contributed by atoms with Crippen LogP contribution in [0.15, 0.2) is 35.9 Å². The lowest BCUT2D eigenvalue weighted by atomic mass is 9.85. The summed E-state index contributed by atoms with van der Waals surface area (Å²) in [4.78, 5) is 18.5. The van der Waals surface area contributed by atoms with E-state index in [-0.39, 0.29) is 23.8 Å².